The number of aliphatic carboxylic acids is 1. The molecule has 3 N–H and O–H groups in total. The molecule has 2 aromatic carbocycles. The molecule has 0 saturated heterocycles. The molecule has 0 unspecified atom stereocenters. The van der Waals surface area contributed by atoms with Crippen LogP contribution < -0.4 is 10.1 Å². The first-order valence-electron chi connectivity index (χ1n) is 10.8. The number of rotatable bonds is 10. The third-order valence-electron chi connectivity index (χ3n) is 5.55. The van der Waals surface area contributed by atoms with E-state index in [2.05, 4.69) is 10.4 Å². The quantitative estimate of drug-likeness (QED) is 0.434. The van der Waals surface area contributed by atoms with Gasteiger partial charge < -0.3 is 20.3 Å². The zero-order valence-electron chi connectivity index (χ0n) is 18.9. The van der Waals surface area contributed by atoms with Crippen molar-refractivity contribution < 1.29 is 24.5 Å². The summed E-state index contributed by atoms with van der Waals surface area (Å²) in [6, 6.07) is 18.9. The van der Waals surface area contributed by atoms with Gasteiger partial charge in [0.05, 0.1) is 23.8 Å². The van der Waals surface area contributed by atoms with Gasteiger partial charge in [0.25, 0.3) is 5.91 Å². The van der Waals surface area contributed by atoms with Crippen LogP contribution in [0, 0.1) is 5.92 Å². The third kappa shape index (κ3) is 6.20. The van der Waals surface area contributed by atoms with Crippen LogP contribution in [0.2, 0.25) is 0 Å². The standard InChI is InChI=1S/C25H29N3O5/c1-17(2)25(3,32)16-33-22-14-21(27-28(22)19-12-8-5-9-13-19)24(31)26-20(15-23(29)30)18-10-6-4-7-11-18/h4-14,17,20,32H,15-16H2,1-3H3,(H,26,31)(H,29,30)/t20-,25+/m0/s1. The molecule has 8 nitrogen and oxygen atoms in total. The summed E-state index contributed by atoms with van der Waals surface area (Å²) in [5, 5.41) is 27.0. The summed E-state index contributed by atoms with van der Waals surface area (Å²) < 4.78 is 7.37. The van der Waals surface area contributed by atoms with E-state index in [-0.39, 0.29) is 24.6 Å². The summed E-state index contributed by atoms with van der Waals surface area (Å²) >= 11 is 0. The lowest BCUT2D eigenvalue weighted by molar-refractivity contribution is -0.137. The minimum Gasteiger partial charge on any atom is -0.481 e. The van der Waals surface area contributed by atoms with E-state index < -0.39 is 23.5 Å². The van der Waals surface area contributed by atoms with Gasteiger partial charge >= 0.3 is 5.97 Å². The van der Waals surface area contributed by atoms with E-state index in [4.69, 9.17) is 4.74 Å². The van der Waals surface area contributed by atoms with E-state index in [9.17, 15) is 19.8 Å². The molecule has 0 bridgehead atoms. The summed E-state index contributed by atoms with van der Waals surface area (Å²) in [6.45, 7) is 5.48. The fourth-order valence-electron chi connectivity index (χ4n) is 3.06. The van der Waals surface area contributed by atoms with Crippen molar-refractivity contribution in [1.82, 2.24) is 15.1 Å². The highest BCUT2D eigenvalue weighted by atomic mass is 16.5. The van der Waals surface area contributed by atoms with Crippen LogP contribution in [-0.4, -0.2) is 44.1 Å². The molecule has 2 atom stereocenters. The number of aromatic nitrogens is 2. The molecule has 174 valence electrons. The van der Waals surface area contributed by atoms with Gasteiger partial charge in [0, 0.05) is 6.07 Å². The zero-order chi connectivity index (χ0) is 24.0. The summed E-state index contributed by atoms with van der Waals surface area (Å²) in [5.41, 5.74) is 0.360. The topological polar surface area (TPSA) is 114 Å². The van der Waals surface area contributed by atoms with Gasteiger partial charge in [-0.3, -0.25) is 9.59 Å². The monoisotopic (exact) mass is 451 g/mol. The highest BCUT2D eigenvalue weighted by Crippen LogP contribution is 2.24. The summed E-state index contributed by atoms with van der Waals surface area (Å²) in [6.07, 6.45) is -0.268. The lowest BCUT2D eigenvalue weighted by Crippen LogP contribution is -2.38. The molecule has 1 heterocycles. The number of para-hydroxylation sites is 1. The average molecular weight is 452 g/mol. The predicted octanol–water partition coefficient (Wildman–Crippen LogP) is 3.60. The number of nitrogens with zero attached hydrogens (tertiary/aromatic N) is 2. The number of hydrogen-bond acceptors (Lipinski definition) is 5. The smallest absolute Gasteiger partial charge is 0.305 e. The molecule has 0 saturated carbocycles. The van der Waals surface area contributed by atoms with Crippen molar-refractivity contribution in [1.29, 1.82) is 0 Å². The molecule has 8 heteroatoms. The highest BCUT2D eigenvalue weighted by Gasteiger charge is 2.28. The van der Waals surface area contributed by atoms with Crippen LogP contribution in [0.15, 0.2) is 66.7 Å². The Morgan fingerprint density at radius 2 is 1.70 bits per heavy atom. The largest absolute Gasteiger partial charge is 0.481 e. The van der Waals surface area contributed by atoms with Gasteiger partial charge in [0.15, 0.2) is 5.69 Å². The fourth-order valence-corrected chi connectivity index (χ4v) is 3.06. The molecule has 0 aliphatic carbocycles. The van der Waals surface area contributed by atoms with Crippen molar-refractivity contribution in [2.75, 3.05) is 6.61 Å². The number of carboxylic acid groups (broad SMARTS) is 1. The molecule has 33 heavy (non-hydrogen) atoms. The number of ether oxygens (including phenoxy) is 1. The van der Waals surface area contributed by atoms with Crippen LogP contribution in [0.3, 0.4) is 0 Å². The Balaban J connectivity index is 1.89. The van der Waals surface area contributed by atoms with Crippen LogP contribution in [0.25, 0.3) is 5.69 Å². The minimum absolute atomic E-state index is 0.00983. The molecular formula is C25H29N3O5. The van der Waals surface area contributed by atoms with Gasteiger partial charge in [0.2, 0.25) is 5.88 Å². The second-order valence-corrected chi connectivity index (χ2v) is 8.45. The van der Waals surface area contributed by atoms with E-state index in [0.717, 1.165) is 0 Å². The zero-order valence-corrected chi connectivity index (χ0v) is 18.9. The molecule has 0 fully saturated rings. The maximum Gasteiger partial charge on any atom is 0.305 e. The lowest BCUT2D eigenvalue weighted by Gasteiger charge is -2.27. The molecule has 0 aliphatic heterocycles. The number of carboxylic acids is 1. The molecule has 3 rings (SSSR count). The van der Waals surface area contributed by atoms with Gasteiger partial charge in [-0.1, -0.05) is 62.4 Å². The van der Waals surface area contributed by atoms with Gasteiger partial charge in [-0.2, -0.15) is 5.10 Å². The molecule has 0 radical (unpaired) electrons. The van der Waals surface area contributed by atoms with Crippen molar-refractivity contribution in [2.45, 2.75) is 38.8 Å². The van der Waals surface area contributed by atoms with E-state index >= 15 is 0 Å². The average Bonchev–Trinajstić information content (AvgIpc) is 3.23. The highest BCUT2D eigenvalue weighted by molar-refractivity contribution is 5.93. The van der Waals surface area contributed by atoms with Crippen molar-refractivity contribution in [3.8, 4) is 11.6 Å². The van der Waals surface area contributed by atoms with Gasteiger partial charge in [-0.15, -0.1) is 0 Å². The van der Waals surface area contributed by atoms with E-state index in [1.165, 1.54) is 10.7 Å². The number of benzene rings is 2. The summed E-state index contributed by atoms with van der Waals surface area (Å²) in [4.78, 5) is 24.4. The Labute approximate surface area is 192 Å². The molecule has 1 amide bonds. The molecule has 0 spiro atoms. The Morgan fingerprint density at radius 3 is 2.27 bits per heavy atom. The van der Waals surface area contributed by atoms with Gasteiger partial charge in [0.1, 0.15) is 6.61 Å². The number of nitrogens with one attached hydrogen (secondary N) is 1. The normalized spacial score (nSPS) is 13.8. The van der Waals surface area contributed by atoms with Crippen LogP contribution in [0.4, 0.5) is 0 Å². The number of carbonyl (C=O) groups excluding carboxylic acids is 1. The SMILES string of the molecule is CC(C)[C@](C)(O)COc1cc(C(=O)N[C@@H](CC(=O)O)c2ccccc2)nn1-c1ccccc1. The van der Waals surface area contributed by atoms with Crippen molar-refractivity contribution in [3.63, 3.8) is 0 Å². The molecule has 3 aromatic rings. The first-order valence-corrected chi connectivity index (χ1v) is 10.8. The maximum atomic E-state index is 13.0. The number of carbonyl (C=O) groups is 2. The Morgan fingerprint density at radius 1 is 1.09 bits per heavy atom. The van der Waals surface area contributed by atoms with E-state index in [0.29, 0.717) is 17.1 Å². The minimum atomic E-state index is -1.08. The van der Waals surface area contributed by atoms with Crippen LogP contribution in [0.1, 0.15) is 49.3 Å². The Hall–Kier alpha value is -3.65. The summed E-state index contributed by atoms with van der Waals surface area (Å²) in [5.74, 6) is -1.31. The number of aliphatic hydroxyl groups is 1. The molecular weight excluding hydrogens is 422 g/mol. The molecule has 0 aliphatic rings. The third-order valence-corrected chi connectivity index (χ3v) is 5.55. The lowest BCUT2D eigenvalue weighted by atomic mass is 9.94. The van der Waals surface area contributed by atoms with E-state index in [1.807, 2.05) is 50.2 Å². The van der Waals surface area contributed by atoms with Crippen LogP contribution in [-0.2, 0) is 4.79 Å². The second kappa shape index (κ2) is 10.3. The summed E-state index contributed by atoms with van der Waals surface area (Å²) in [7, 11) is 0. The Bertz CT molecular complexity index is 1080. The first kappa shape index (κ1) is 24.0. The van der Waals surface area contributed by atoms with Gasteiger partial charge in [-0.25, -0.2) is 4.68 Å². The molecule has 1 aromatic heterocycles. The fraction of sp³-hybridized carbons (Fsp3) is 0.320. The number of amides is 1. The van der Waals surface area contributed by atoms with E-state index in [1.54, 1.807) is 31.2 Å². The van der Waals surface area contributed by atoms with Crippen molar-refractivity contribution >= 4 is 11.9 Å². The second-order valence-electron chi connectivity index (χ2n) is 8.45. The van der Waals surface area contributed by atoms with Crippen molar-refractivity contribution in [3.05, 3.63) is 78.0 Å². The van der Waals surface area contributed by atoms with Crippen LogP contribution in [0.5, 0.6) is 5.88 Å². The van der Waals surface area contributed by atoms with Crippen molar-refractivity contribution in [2.24, 2.45) is 5.92 Å². The predicted molar refractivity (Wildman–Crippen MR) is 123 cm³/mol. The van der Waals surface area contributed by atoms with Crippen LogP contribution >= 0.6 is 0 Å². The first-order chi connectivity index (χ1) is 15.7. The number of hydrogen-bond donors (Lipinski definition) is 3. The Kier molecular flexibility index (Phi) is 7.50. The maximum absolute atomic E-state index is 13.0. The van der Waals surface area contributed by atoms with Gasteiger partial charge in [-0.05, 0) is 30.5 Å².